The molecule has 0 radical (unpaired) electrons. The predicted octanol–water partition coefficient (Wildman–Crippen LogP) is 10.2. The molecule has 0 fully saturated rings. The zero-order valence-corrected chi connectivity index (χ0v) is 25.3. The van der Waals surface area contributed by atoms with Gasteiger partial charge in [0.05, 0.1) is 28.1 Å². The molecule has 0 saturated carbocycles. The molecule has 9 aromatic rings. The van der Waals surface area contributed by atoms with Crippen molar-refractivity contribution >= 4 is 32.6 Å². The number of fused-ring (bicyclic) bond motifs is 4. The van der Waals surface area contributed by atoms with Crippen molar-refractivity contribution in [1.82, 2.24) is 24.5 Å². The van der Waals surface area contributed by atoms with Crippen LogP contribution in [0.25, 0.3) is 83.0 Å². The average Bonchev–Trinajstić information content (AvgIpc) is 3.48. The first-order valence-electron chi connectivity index (χ1n) is 15.6. The highest BCUT2D eigenvalue weighted by atomic mass is 15.0. The van der Waals surface area contributed by atoms with Crippen LogP contribution in [-0.2, 0) is 0 Å². The summed E-state index contributed by atoms with van der Waals surface area (Å²) in [6.45, 7) is 0. The Morgan fingerprint density at radius 3 is 1.43 bits per heavy atom. The van der Waals surface area contributed by atoms with Gasteiger partial charge in [0, 0.05) is 75.6 Å². The topological polar surface area (TPSA) is 56.5 Å². The van der Waals surface area contributed by atoms with Gasteiger partial charge in [-0.05, 0) is 83.2 Å². The van der Waals surface area contributed by atoms with Gasteiger partial charge in [0.15, 0.2) is 0 Å². The van der Waals surface area contributed by atoms with Crippen LogP contribution in [0.5, 0.6) is 0 Å². The Morgan fingerprint density at radius 1 is 0.383 bits per heavy atom. The lowest BCUT2D eigenvalue weighted by Gasteiger charge is -2.12. The molecule has 5 nitrogen and oxygen atoms in total. The van der Waals surface area contributed by atoms with Crippen LogP contribution in [0.2, 0.25) is 0 Å². The number of nitrogens with zero attached hydrogens (tertiary/aromatic N) is 5. The Morgan fingerprint density at radius 2 is 0.894 bits per heavy atom. The molecule has 0 unspecified atom stereocenters. The van der Waals surface area contributed by atoms with Crippen LogP contribution in [0.3, 0.4) is 0 Å². The number of hydrogen-bond donors (Lipinski definition) is 0. The SMILES string of the molecule is c1ccc2c(-n3c4ccc(-c5ccc(-c6ccncc6)nc5)cc4c4cc(-c5ccc(-c6ccncc6)nc5)ccc43)cccc2c1. The van der Waals surface area contributed by atoms with Crippen molar-refractivity contribution in [1.29, 1.82) is 0 Å². The monoisotopic (exact) mass is 601 g/mol. The lowest BCUT2D eigenvalue weighted by atomic mass is 10.0. The van der Waals surface area contributed by atoms with Crippen LogP contribution in [0.15, 0.2) is 165 Å². The van der Waals surface area contributed by atoms with E-state index < -0.39 is 0 Å². The summed E-state index contributed by atoms with van der Waals surface area (Å²) in [5.41, 5.74) is 11.8. The van der Waals surface area contributed by atoms with Crippen molar-refractivity contribution in [2.24, 2.45) is 0 Å². The van der Waals surface area contributed by atoms with Crippen molar-refractivity contribution in [2.75, 3.05) is 0 Å². The lowest BCUT2D eigenvalue weighted by Crippen LogP contribution is -1.95. The quantitative estimate of drug-likeness (QED) is 0.197. The van der Waals surface area contributed by atoms with E-state index in [4.69, 9.17) is 9.97 Å². The van der Waals surface area contributed by atoms with Gasteiger partial charge < -0.3 is 4.57 Å². The van der Waals surface area contributed by atoms with Gasteiger partial charge in [0.1, 0.15) is 0 Å². The summed E-state index contributed by atoms with van der Waals surface area (Å²) in [5.74, 6) is 0. The molecular weight excluding hydrogens is 574 g/mol. The van der Waals surface area contributed by atoms with Crippen molar-refractivity contribution in [3.8, 4) is 50.5 Å². The molecule has 0 atom stereocenters. The third-order valence-electron chi connectivity index (χ3n) is 8.92. The van der Waals surface area contributed by atoms with E-state index in [9.17, 15) is 0 Å². The van der Waals surface area contributed by atoms with Crippen LogP contribution in [0.4, 0.5) is 0 Å². The third-order valence-corrected chi connectivity index (χ3v) is 8.92. The van der Waals surface area contributed by atoms with Crippen LogP contribution in [0, 0.1) is 0 Å². The summed E-state index contributed by atoms with van der Waals surface area (Å²) in [5, 5.41) is 4.81. The number of pyridine rings is 4. The van der Waals surface area contributed by atoms with Crippen molar-refractivity contribution in [3.05, 3.63) is 165 Å². The molecule has 0 aliphatic heterocycles. The maximum absolute atomic E-state index is 4.79. The Kier molecular flexibility index (Phi) is 6.39. The van der Waals surface area contributed by atoms with E-state index >= 15 is 0 Å². The number of benzene rings is 4. The minimum Gasteiger partial charge on any atom is -0.309 e. The molecule has 0 amide bonds. The van der Waals surface area contributed by atoms with Crippen LogP contribution in [0.1, 0.15) is 0 Å². The first-order chi connectivity index (χ1) is 23.3. The predicted molar refractivity (Wildman–Crippen MR) is 191 cm³/mol. The lowest BCUT2D eigenvalue weighted by molar-refractivity contribution is 1.20. The van der Waals surface area contributed by atoms with Crippen molar-refractivity contribution in [3.63, 3.8) is 0 Å². The highest BCUT2D eigenvalue weighted by Crippen LogP contribution is 2.39. The minimum absolute atomic E-state index is 0.929. The molecular formula is C42H27N5. The molecule has 0 bridgehead atoms. The van der Waals surface area contributed by atoms with Crippen LogP contribution >= 0.6 is 0 Å². The molecule has 220 valence electrons. The van der Waals surface area contributed by atoms with E-state index in [2.05, 4.69) is 118 Å². The normalized spacial score (nSPS) is 11.4. The summed E-state index contributed by atoms with van der Waals surface area (Å²) >= 11 is 0. The van der Waals surface area contributed by atoms with Gasteiger partial charge in [-0.25, -0.2) is 0 Å². The van der Waals surface area contributed by atoms with E-state index in [0.29, 0.717) is 0 Å². The molecule has 5 aromatic heterocycles. The van der Waals surface area contributed by atoms with Crippen LogP contribution in [-0.4, -0.2) is 24.5 Å². The molecule has 47 heavy (non-hydrogen) atoms. The molecule has 0 aliphatic carbocycles. The molecule has 5 heteroatoms. The number of aromatic nitrogens is 5. The summed E-state index contributed by atoms with van der Waals surface area (Å²) < 4.78 is 2.40. The Hall–Kier alpha value is -6.46. The second kappa shape index (κ2) is 11.2. The van der Waals surface area contributed by atoms with Crippen molar-refractivity contribution < 1.29 is 0 Å². The van der Waals surface area contributed by atoms with Gasteiger partial charge in [-0.3, -0.25) is 19.9 Å². The van der Waals surface area contributed by atoms with E-state index in [1.54, 1.807) is 24.8 Å². The van der Waals surface area contributed by atoms with Gasteiger partial charge in [-0.1, -0.05) is 60.7 Å². The first kappa shape index (κ1) is 26.9. The Labute approximate surface area is 271 Å². The summed E-state index contributed by atoms with van der Waals surface area (Å²) in [6, 6.07) is 45.0. The molecule has 0 spiro atoms. The van der Waals surface area contributed by atoms with Gasteiger partial charge in [-0.15, -0.1) is 0 Å². The summed E-state index contributed by atoms with van der Waals surface area (Å²) in [6.07, 6.45) is 11.1. The zero-order chi connectivity index (χ0) is 31.2. The highest BCUT2D eigenvalue weighted by Gasteiger charge is 2.16. The maximum Gasteiger partial charge on any atom is 0.0703 e. The fourth-order valence-electron chi connectivity index (χ4n) is 6.56. The molecule has 0 aliphatic rings. The average molecular weight is 602 g/mol. The second-order valence-corrected chi connectivity index (χ2v) is 11.6. The second-order valence-electron chi connectivity index (χ2n) is 11.6. The summed E-state index contributed by atoms with van der Waals surface area (Å²) in [7, 11) is 0. The van der Waals surface area contributed by atoms with Gasteiger partial charge in [0.2, 0.25) is 0 Å². The van der Waals surface area contributed by atoms with Gasteiger partial charge in [0.25, 0.3) is 0 Å². The first-order valence-corrected chi connectivity index (χ1v) is 15.6. The Bertz CT molecular complexity index is 2390. The molecule has 9 rings (SSSR count). The molecule has 4 aromatic carbocycles. The van der Waals surface area contributed by atoms with Gasteiger partial charge >= 0.3 is 0 Å². The number of rotatable bonds is 5. The fourth-order valence-corrected chi connectivity index (χ4v) is 6.56. The molecule has 0 N–H and O–H groups in total. The van der Waals surface area contributed by atoms with E-state index in [0.717, 1.165) is 61.5 Å². The minimum atomic E-state index is 0.929. The van der Waals surface area contributed by atoms with E-state index in [1.165, 1.54) is 21.5 Å². The summed E-state index contributed by atoms with van der Waals surface area (Å²) in [4.78, 5) is 17.9. The molecule has 0 saturated heterocycles. The highest BCUT2D eigenvalue weighted by molar-refractivity contribution is 6.12. The van der Waals surface area contributed by atoms with E-state index in [1.807, 2.05) is 36.7 Å². The maximum atomic E-state index is 4.79. The fraction of sp³-hybridized carbons (Fsp3) is 0. The standard InChI is InChI=1S/C42H27N5/c1-2-6-35-28(4-1)5-3-7-40(35)47-41-14-10-31(33-8-12-38(45-26-33)29-16-20-43-21-17-29)24-36(41)37-25-32(11-15-42(37)47)34-9-13-39(46-27-34)30-18-22-44-23-19-30/h1-27H. The van der Waals surface area contributed by atoms with E-state index in [-0.39, 0.29) is 0 Å². The third kappa shape index (κ3) is 4.73. The van der Waals surface area contributed by atoms with Crippen LogP contribution < -0.4 is 0 Å². The zero-order valence-electron chi connectivity index (χ0n) is 25.3. The smallest absolute Gasteiger partial charge is 0.0703 e. The van der Waals surface area contributed by atoms with Crippen molar-refractivity contribution in [2.45, 2.75) is 0 Å². The number of hydrogen-bond acceptors (Lipinski definition) is 4. The largest absolute Gasteiger partial charge is 0.309 e. The Balaban J connectivity index is 1.22. The van der Waals surface area contributed by atoms with Gasteiger partial charge in [-0.2, -0.15) is 0 Å². The molecule has 5 heterocycles.